The predicted octanol–water partition coefficient (Wildman–Crippen LogP) is 4.43. The second-order valence-electron chi connectivity index (χ2n) is 10.1. The van der Waals surface area contributed by atoms with Crippen molar-refractivity contribution in [1.29, 1.82) is 0 Å². The standard InChI is InChI=1S/C25H32FN3O6SSi/c1-17(2)33-25(30)29-12-9-18(10-13-29)34-23-20(11-14-37(4,5)6)24(28-16-27-23)35-22-8-7-19(15-21(22)26)36(3,31)32/h7-8,15-18H,9-10,12-13H2,1-6H3. The molecule has 1 aromatic carbocycles. The lowest BCUT2D eigenvalue weighted by molar-refractivity contribution is 0.0506. The smallest absolute Gasteiger partial charge is 0.410 e. The first kappa shape index (κ1) is 28.4. The number of amides is 1. The Kier molecular flexibility index (Phi) is 8.81. The maximum Gasteiger partial charge on any atom is 0.410 e. The highest BCUT2D eigenvalue weighted by Gasteiger charge is 2.27. The number of benzene rings is 1. The number of piperidine rings is 1. The molecule has 1 aliphatic heterocycles. The maximum atomic E-state index is 14.7. The van der Waals surface area contributed by atoms with Crippen LogP contribution in [-0.2, 0) is 14.6 Å². The van der Waals surface area contributed by atoms with Gasteiger partial charge in [-0.15, -0.1) is 5.54 Å². The van der Waals surface area contributed by atoms with Crippen molar-refractivity contribution in [1.82, 2.24) is 14.9 Å². The molecule has 1 aromatic heterocycles. The minimum atomic E-state index is -3.58. The number of rotatable bonds is 6. The van der Waals surface area contributed by atoms with Gasteiger partial charge in [0.25, 0.3) is 0 Å². The van der Waals surface area contributed by atoms with E-state index < -0.39 is 23.7 Å². The summed E-state index contributed by atoms with van der Waals surface area (Å²) in [7, 11) is -5.41. The van der Waals surface area contributed by atoms with E-state index in [9.17, 15) is 17.6 Å². The lowest BCUT2D eigenvalue weighted by atomic mass is 10.1. The molecule has 0 radical (unpaired) electrons. The largest absolute Gasteiger partial charge is 0.473 e. The van der Waals surface area contributed by atoms with Gasteiger partial charge < -0.3 is 19.1 Å². The molecule has 12 heteroatoms. The first-order valence-corrected chi connectivity index (χ1v) is 17.3. The Morgan fingerprint density at radius 2 is 1.81 bits per heavy atom. The van der Waals surface area contributed by atoms with Crippen molar-refractivity contribution in [3.63, 3.8) is 0 Å². The number of hydrogen-bond acceptors (Lipinski definition) is 8. The summed E-state index contributed by atoms with van der Waals surface area (Å²) in [5.74, 6) is 2.21. The van der Waals surface area contributed by atoms with Crippen LogP contribution < -0.4 is 9.47 Å². The van der Waals surface area contributed by atoms with Crippen LogP contribution in [0.5, 0.6) is 17.5 Å². The van der Waals surface area contributed by atoms with Gasteiger partial charge in [-0.05, 0) is 32.0 Å². The number of halogens is 1. The van der Waals surface area contributed by atoms with Crippen LogP contribution in [0.3, 0.4) is 0 Å². The van der Waals surface area contributed by atoms with Crippen LogP contribution in [0.15, 0.2) is 29.4 Å². The number of nitrogens with zero attached hydrogens (tertiary/aromatic N) is 3. The Balaban J connectivity index is 1.86. The zero-order valence-corrected chi connectivity index (χ0v) is 23.7. The summed E-state index contributed by atoms with van der Waals surface area (Å²) in [4.78, 5) is 22.1. The molecule has 1 fully saturated rings. The normalized spacial score (nSPS) is 14.6. The first-order valence-electron chi connectivity index (χ1n) is 11.9. The quantitative estimate of drug-likeness (QED) is 0.385. The minimum Gasteiger partial charge on any atom is -0.473 e. The third kappa shape index (κ3) is 8.16. The molecule has 0 atom stereocenters. The summed E-state index contributed by atoms with van der Waals surface area (Å²) in [5.41, 5.74) is 3.51. The third-order valence-corrected chi connectivity index (χ3v) is 7.18. The zero-order valence-electron chi connectivity index (χ0n) is 21.9. The lowest BCUT2D eigenvalue weighted by Crippen LogP contribution is -2.42. The van der Waals surface area contributed by atoms with Crippen molar-refractivity contribution < 1.29 is 31.8 Å². The number of carbonyl (C=O) groups excluding carboxylic acids is 1. The van der Waals surface area contributed by atoms with Crippen molar-refractivity contribution >= 4 is 24.0 Å². The molecule has 1 saturated heterocycles. The fourth-order valence-corrected chi connectivity index (χ4v) is 4.50. The molecule has 2 heterocycles. The van der Waals surface area contributed by atoms with Crippen molar-refractivity contribution in [3.8, 4) is 29.0 Å². The molecule has 200 valence electrons. The Morgan fingerprint density at radius 1 is 1.16 bits per heavy atom. The topological polar surface area (TPSA) is 108 Å². The Bertz CT molecular complexity index is 1310. The average Bonchev–Trinajstić information content (AvgIpc) is 2.78. The predicted molar refractivity (Wildman–Crippen MR) is 139 cm³/mol. The molecule has 2 aromatic rings. The summed E-state index contributed by atoms with van der Waals surface area (Å²) in [6, 6.07) is 3.39. The van der Waals surface area contributed by atoms with Crippen molar-refractivity contribution in [3.05, 3.63) is 35.9 Å². The summed E-state index contributed by atoms with van der Waals surface area (Å²) in [6.07, 6.45) is 2.59. The van der Waals surface area contributed by atoms with Gasteiger partial charge in [-0.2, -0.15) is 0 Å². The summed E-state index contributed by atoms with van der Waals surface area (Å²) >= 11 is 0. The van der Waals surface area contributed by atoms with Crippen LogP contribution >= 0.6 is 0 Å². The van der Waals surface area contributed by atoms with Crippen LogP contribution in [0.25, 0.3) is 0 Å². The van der Waals surface area contributed by atoms with E-state index in [0.717, 1.165) is 12.3 Å². The van der Waals surface area contributed by atoms with Crippen LogP contribution in [0.4, 0.5) is 9.18 Å². The summed E-state index contributed by atoms with van der Waals surface area (Å²) < 4.78 is 55.3. The minimum absolute atomic E-state index is 0.000275. The molecule has 0 N–H and O–H groups in total. The monoisotopic (exact) mass is 549 g/mol. The van der Waals surface area contributed by atoms with Crippen molar-refractivity contribution in [2.75, 3.05) is 19.3 Å². The summed E-state index contributed by atoms with van der Waals surface area (Å²) in [6.45, 7) is 10.8. The average molecular weight is 550 g/mol. The number of carbonyl (C=O) groups is 1. The third-order valence-electron chi connectivity index (χ3n) is 5.19. The molecule has 0 spiro atoms. The van der Waals surface area contributed by atoms with Gasteiger partial charge in [-0.1, -0.05) is 25.6 Å². The van der Waals surface area contributed by atoms with Gasteiger partial charge in [0.2, 0.25) is 11.8 Å². The van der Waals surface area contributed by atoms with Crippen LogP contribution in [0.1, 0.15) is 32.3 Å². The van der Waals surface area contributed by atoms with E-state index in [2.05, 4.69) is 41.1 Å². The Labute approximate surface area is 218 Å². The second kappa shape index (κ2) is 11.5. The van der Waals surface area contributed by atoms with Crippen LogP contribution in [0.2, 0.25) is 19.6 Å². The van der Waals surface area contributed by atoms with Gasteiger partial charge in [0.1, 0.15) is 26.1 Å². The second-order valence-corrected chi connectivity index (χ2v) is 16.8. The fourth-order valence-electron chi connectivity index (χ4n) is 3.37. The highest BCUT2D eigenvalue weighted by molar-refractivity contribution is 7.90. The highest BCUT2D eigenvalue weighted by atomic mass is 32.2. The summed E-state index contributed by atoms with van der Waals surface area (Å²) in [5, 5.41) is 0. The zero-order chi connectivity index (χ0) is 27.4. The van der Waals surface area contributed by atoms with E-state index in [1.165, 1.54) is 18.5 Å². The molecule has 9 nitrogen and oxygen atoms in total. The van der Waals surface area contributed by atoms with Crippen molar-refractivity contribution in [2.24, 2.45) is 0 Å². The van der Waals surface area contributed by atoms with Crippen molar-refractivity contribution in [2.45, 2.75) is 63.4 Å². The molecule has 1 amide bonds. The molecular formula is C25H32FN3O6SSi. The van der Waals surface area contributed by atoms with E-state index in [4.69, 9.17) is 14.2 Å². The molecular weight excluding hydrogens is 517 g/mol. The SMILES string of the molecule is CC(C)OC(=O)N1CCC(Oc2ncnc(Oc3ccc(S(C)(=O)=O)cc3F)c2C#C[Si](C)(C)C)CC1. The highest BCUT2D eigenvalue weighted by Crippen LogP contribution is 2.31. The number of aromatic nitrogens is 2. The van der Waals surface area contributed by atoms with Gasteiger partial charge in [-0.25, -0.2) is 27.6 Å². The van der Waals surface area contributed by atoms with E-state index in [-0.39, 0.29) is 46.3 Å². The first-order chi connectivity index (χ1) is 17.2. The molecule has 1 aliphatic rings. The van der Waals surface area contributed by atoms with Gasteiger partial charge in [0.15, 0.2) is 21.4 Å². The molecule has 37 heavy (non-hydrogen) atoms. The fraction of sp³-hybridized carbons (Fsp3) is 0.480. The maximum absolute atomic E-state index is 14.7. The molecule has 3 rings (SSSR count). The van der Waals surface area contributed by atoms with E-state index >= 15 is 0 Å². The van der Waals surface area contributed by atoms with Gasteiger partial charge in [0, 0.05) is 32.2 Å². The number of likely N-dealkylation sites (tertiary alicyclic amines) is 1. The number of sulfone groups is 1. The van der Waals surface area contributed by atoms with E-state index in [1.807, 2.05) is 0 Å². The Morgan fingerprint density at radius 3 is 2.38 bits per heavy atom. The molecule has 0 aliphatic carbocycles. The van der Waals surface area contributed by atoms with E-state index in [0.29, 0.717) is 25.9 Å². The number of ether oxygens (including phenoxy) is 3. The van der Waals surface area contributed by atoms with Gasteiger partial charge in [-0.3, -0.25) is 0 Å². The Hall–Kier alpha value is -3.17. The van der Waals surface area contributed by atoms with Gasteiger partial charge >= 0.3 is 6.09 Å². The number of hydrogen-bond donors (Lipinski definition) is 0. The molecule has 0 unspecified atom stereocenters. The van der Waals surface area contributed by atoms with E-state index in [1.54, 1.807) is 18.7 Å². The molecule has 0 saturated carbocycles. The molecule has 0 bridgehead atoms. The lowest BCUT2D eigenvalue weighted by Gasteiger charge is -2.31. The van der Waals surface area contributed by atoms with Crippen LogP contribution in [-0.4, -0.2) is 69.0 Å². The van der Waals surface area contributed by atoms with Gasteiger partial charge in [0.05, 0.1) is 11.0 Å². The van der Waals surface area contributed by atoms with Crippen LogP contribution in [0, 0.1) is 17.3 Å².